The molecule has 11 heteroatoms. The third-order valence-corrected chi connectivity index (χ3v) is 6.14. The van der Waals surface area contributed by atoms with Crippen LogP contribution in [0, 0.1) is 5.82 Å². The predicted octanol–water partition coefficient (Wildman–Crippen LogP) is 3.64. The van der Waals surface area contributed by atoms with Crippen LogP contribution in [0.25, 0.3) is 11.0 Å². The number of halogens is 1. The number of carbonyl (C=O) groups is 1. The van der Waals surface area contributed by atoms with Crippen LogP contribution in [-0.2, 0) is 10.0 Å². The molecule has 0 aliphatic heterocycles. The molecule has 4 rings (SSSR count). The molecule has 1 heterocycles. The van der Waals surface area contributed by atoms with E-state index in [1.165, 1.54) is 50.6 Å². The highest BCUT2D eigenvalue weighted by Gasteiger charge is 2.21. The van der Waals surface area contributed by atoms with Crippen molar-refractivity contribution in [2.75, 3.05) is 19.5 Å². The summed E-state index contributed by atoms with van der Waals surface area (Å²) in [6.45, 7) is 0. The van der Waals surface area contributed by atoms with Crippen LogP contribution in [-0.4, -0.2) is 28.5 Å². The maximum Gasteiger partial charge on any atom is 0.280 e. The van der Waals surface area contributed by atoms with Gasteiger partial charge in [-0.1, -0.05) is 24.3 Å². The van der Waals surface area contributed by atoms with Gasteiger partial charge >= 0.3 is 0 Å². The summed E-state index contributed by atoms with van der Waals surface area (Å²) in [6, 6.07) is 17.9. The molecule has 0 saturated heterocycles. The molecule has 0 spiro atoms. The molecule has 0 bridgehead atoms. The number of carbonyl (C=O) groups excluding carboxylic acids is 1. The molecule has 4 aromatic rings. The Kier molecular flexibility index (Phi) is 6.69. The van der Waals surface area contributed by atoms with Crippen molar-refractivity contribution in [2.45, 2.75) is 4.90 Å². The summed E-state index contributed by atoms with van der Waals surface area (Å²) in [5.41, 5.74) is 0.193. The van der Waals surface area contributed by atoms with Gasteiger partial charge in [0.2, 0.25) is 5.55 Å². The lowest BCUT2D eigenvalue weighted by Gasteiger charge is -2.11. The van der Waals surface area contributed by atoms with Crippen molar-refractivity contribution in [3.8, 4) is 11.5 Å². The van der Waals surface area contributed by atoms with Crippen molar-refractivity contribution >= 4 is 32.6 Å². The Balaban J connectivity index is 1.78. The molecule has 1 aromatic heterocycles. The maximum atomic E-state index is 13.6. The summed E-state index contributed by atoms with van der Waals surface area (Å²) in [5, 5.41) is 7.01. The number of para-hydroxylation sites is 1. The SMILES string of the molecule is COc1ccc(OC)c(S(=O)(=O)NN=c2oc3ccccc3cc2C(=O)Nc2cccc(F)c2)c1. The minimum atomic E-state index is -4.26. The minimum Gasteiger partial charge on any atom is -0.497 e. The molecule has 0 fully saturated rings. The standard InChI is InChI=1S/C24H20FN3O6S/c1-32-18-10-11-21(33-2)22(14-18)35(30,31)28-27-24-19(12-15-6-3-4-9-20(15)34-24)23(29)26-17-8-5-7-16(25)13-17/h3-14,28H,1-2H3,(H,26,29). The van der Waals surface area contributed by atoms with E-state index < -0.39 is 21.7 Å². The highest BCUT2D eigenvalue weighted by molar-refractivity contribution is 7.89. The van der Waals surface area contributed by atoms with E-state index in [9.17, 15) is 17.6 Å². The van der Waals surface area contributed by atoms with Gasteiger partial charge in [-0.05, 0) is 42.5 Å². The van der Waals surface area contributed by atoms with Crippen LogP contribution in [0.1, 0.15) is 10.4 Å². The lowest BCUT2D eigenvalue weighted by atomic mass is 10.1. The number of hydrogen-bond donors (Lipinski definition) is 2. The Bertz CT molecular complexity index is 1580. The van der Waals surface area contributed by atoms with Gasteiger partial charge < -0.3 is 19.2 Å². The van der Waals surface area contributed by atoms with Crippen molar-refractivity contribution in [3.05, 3.63) is 89.7 Å². The molecule has 0 aliphatic rings. The molecule has 0 unspecified atom stereocenters. The fraction of sp³-hybridized carbons (Fsp3) is 0.0833. The minimum absolute atomic E-state index is 0.0630. The number of methoxy groups -OCH3 is 2. The summed E-state index contributed by atoms with van der Waals surface area (Å²) in [4.78, 5) is 14.9. The molecule has 180 valence electrons. The molecular weight excluding hydrogens is 477 g/mol. The second kappa shape index (κ2) is 9.85. The van der Waals surface area contributed by atoms with Gasteiger partial charge in [-0.25, -0.2) is 4.39 Å². The van der Waals surface area contributed by atoms with Crippen LogP contribution >= 0.6 is 0 Å². The second-order valence-electron chi connectivity index (χ2n) is 7.19. The third kappa shape index (κ3) is 5.25. The normalized spacial score (nSPS) is 11.8. The number of sulfonamides is 1. The van der Waals surface area contributed by atoms with Gasteiger partial charge in [-0.3, -0.25) is 4.79 Å². The maximum absolute atomic E-state index is 13.6. The monoisotopic (exact) mass is 497 g/mol. The lowest BCUT2D eigenvalue weighted by molar-refractivity contribution is 0.102. The van der Waals surface area contributed by atoms with Gasteiger partial charge in [0.15, 0.2) is 0 Å². The first-order valence-electron chi connectivity index (χ1n) is 10.2. The number of nitrogens with zero attached hydrogens (tertiary/aromatic N) is 1. The van der Waals surface area contributed by atoms with E-state index in [-0.39, 0.29) is 33.2 Å². The highest BCUT2D eigenvalue weighted by Crippen LogP contribution is 2.28. The third-order valence-electron chi connectivity index (χ3n) is 4.91. The Morgan fingerprint density at radius 2 is 1.77 bits per heavy atom. The van der Waals surface area contributed by atoms with Crippen molar-refractivity contribution in [3.63, 3.8) is 0 Å². The Morgan fingerprint density at radius 1 is 0.971 bits per heavy atom. The Hall–Kier alpha value is -4.38. The summed E-state index contributed by atoms with van der Waals surface area (Å²) >= 11 is 0. The number of hydrogen-bond acceptors (Lipinski definition) is 7. The van der Waals surface area contributed by atoms with Crippen molar-refractivity contribution in [2.24, 2.45) is 5.10 Å². The lowest BCUT2D eigenvalue weighted by Crippen LogP contribution is -2.27. The molecule has 3 aromatic carbocycles. The van der Waals surface area contributed by atoms with Gasteiger partial charge in [0, 0.05) is 17.1 Å². The average molecular weight is 498 g/mol. The molecule has 0 saturated carbocycles. The first kappa shape index (κ1) is 23.8. The van der Waals surface area contributed by atoms with Crippen LogP contribution in [0.2, 0.25) is 0 Å². The van der Waals surface area contributed by atoms with Gasteiger partial charge in [0.05, 0.1) is 14.2 Å². The number of nitrogens with one attached hydrogen (secondary N) is 2. The first-order valence-corrected chi connectivity index (χ1v) is 11.7. The van der Waals surface area contributed by atoms with Gasteiger partial charge in [0.1, 0.15) is 33.4 Å². The van der Waals surface area contributed by atoms with E-state index in [0.717, 1.165) is 6.07 Å². The van der Waals surface area contributed by atoms with Crippen LogP contribution in [0.3, 0.4) is 0 Å². The van der Waals surface area contributed by atoms with E-state index in [1.54, 1.807) is 30.3 Å². The zero-order valence-electron chi connectivity index (χ0n) is 18.6. The summed E-state index contributed by atoms with van der Waals surface area (Å²) in [5.74, 6) is -0.859. The van der Waals surface area contributed by atoms with E-state index in [0.29, 0.717) is 11.0 Å². The van der Waals surface area contributed by atoms with Crippen molar-refractivity contribution in [1.29, 1.82) is 0 Å². The van der Waals surface area contributed by atoms with Crippen LogP contribution < -0.4 is 25.2 Å². The van der Waals surface area contributed by atoms with Crippen LogP contribution in [0.5, 0.6) is 11.5 Å². The van der Waals surface area contributed by atoms with E-state index >= 15 is 0 Å². The number of benzene rings is 3. The number of fused-ring (bicyclic) bond motifs is 1. The largest absolute Gasteiger partial charge is 0.497 e. The van der Waals surface area contributed by atoms with Crippen LogP contribution in [0.4, 0.5) is 10.1 Å². The summed E-state index contributed by atoms with van der Waals surface area (Å²) in [7, 11) is -1.54. The predicted molar refractivity (Wildman–Crippen MR) is 126 cm³/mol. The van der Waals surface area contributed by atoms with E-state index in [4.69, 9.17) is 13.9 Å². The fourth-order valence-corrected chi connectivity index (χ4v) is 4.21. The zero-order valence-corrected chi connectivity index (χ0v) is 19.4. The molecule has 9 nitrogen and oxygen atoms in total. The van der Waals surface area contributed by atoms with Gasteiger partial charge in [-0.15, -0.1) is 5.10 Å². The van der Waals surface area contributed by atoms with E-state index in [2.05, 4.69) is 15.2 Å². The number of rotatable bonds is 7. The molecule has 0 radical (unpaired) electrons. The molecule has 2 N–H and O–H groups in total. The molecule has 35 heavy (non-hydrogen) atoms. The number of anilines is 1. The van der Waals surface area contributed by atoms with Gasteiger partial charge in [0.25, 0.3) is 15.9 Å². The second-order valence-corrected chi connectivity index (χ2v) is 8.82. The zero-order chi connectivity index (χ0) is 25.0. The van der Waals surface area contributed by atoms with Crippen molar-refractivity contribution in [1.82, 2.24) is 4.83 Å². The number of amides is 1. The molecule has 1 amide bonds. The van der Waals surface area contributed by atoms with Gasteiger partial charge in [-0.2, -0.15) is 13.2 Å². The van der Waals surface area contributed by atoms with E-state index in [1.807, 2.05) is 0 Å². The molecular formula is C24H20FN3O6S. The molecule has 0 aliphatic carbocycles. The summed E-state index contributed by atoms with van der Waals surface area (Å²) < 4.78 is 55.5. The smallest absolute Gasteiger partial charge is 0.280 e. The Labute approximate surface area is 199 Å². The Morgan fingerprint density at radius 3 is 2.51 bits per heavy atom. The average Bonchev–Trinajstić information content (AvgIpc) is 2.86. The highest BCUT2D eigenvalue weighted by atomic mass is 32.2. The topological polar surface area (TPSA) is 119 Å². The molecule has 0 atom stereocenters. The first-order chi connectivity index (χ1) is 16.8. The number of ether oxygens (including phenoxy) is 2. The quantitative estimate of drug-likeness (QED) is 0.377. The van der Waals surface area contributed by atoms with Crippen LogP contribution in [0.15, 0.2) is 87.2 Å². The van der Waals surface area contributed by atoms with Crippen molar-refractivity contribution < 1.29 is 31.5 Å². The fourth-order valence-electron chi connectivity index (χ4n) is 3.22. The summed E-state index contributed by atoms with van der Waals surface area (Å²) in [6.07, 6.45) is 0.